The monoisotopic (exact) mass is 674 g/mol. The van der Waals surface area contributed by atoms with Gasteiger partial charge in [-0.05, 0) is 76.6 Å². The van der Waals surface area contributed by atoms with E-state index in [4.69, 9.17) is 27.0 Å². The molecule has 2 N–H and O–H groups in total. The SMILES string of the molecule is CN1[C@@H]2CC[C@H]1CC(OC(=O)[C@H](CO)c1ccccc1)C2.CN1[C@@H]2CC[C@H]1CC(OC(=O)[C@H](CO)c1ccccc1)C2.O=S(=O)([O-])[O-]. The smallest absolute Gasteiger partial charge is 0.316 e. The Morgan fingerprint density at radius 1 is 0.681 bits per heavy atom. The highest BCUT2D eigenvalue weighted by atomic mass is 32.3. The Balaban J connectivity index is 0.000000186. The summed E-state index contributed by atoms with van der Waals surface area (Å²) in [5.74, 6) is -1.72. The number of carbonyl (C=O) groups is 2. The Labute approximate surface area is 277 Å². The zero-order chi connectivity index (χ0) is 34.1. The Bertz CT molecular complexity index is 1270. The summed E-state index contributed by atoms with van der Waals surface area (Å²) >= 11 is 0. The van der Waals surface area contributed by atoms with Gasteiger partial charge in [0.15, 0.2) is 0 Å². The highest BCUT2D eigenvalue weighted by molar-refractivity contribution is 7.79. The summed E-state index contributed by atoms with van der Waals surface area (Å²) in [5, 5.41) is 19.1. The molecule has 4 heterocycles. The summed E-state index contributed by atoms with van der Waals surface area (Å²) in [6.45, 7) is -0.412. The van der Waals surface area contributed by atoms with Crippen molar-refractivity contribution in [2.45, 2.75) is 99.6 Å². The van der Waals surface area contributed by atoms with E-state index in [0.717, 1.165) is 36.8 Å². The lowest BCUT2D eigenvalue weighted by Crippen LogP contribution is -2.43. The van der Waals surface area contributed by atoms with Gasteiger partial charge < -0.3 is 38.6 Å². The Morgan fingerprint density at radius 2 is 0.957 bits per heavy atom. The van der Waals surface area contributed by atoms with Crippen molar-refractivity contribution in [1.29, 1.82) is 0 Å². The highest BCUT2D eigenvalue weighted by Gasteiger charge is 2.41. The van der Waals surface area contributed by atoms with Crippen molar-refractivity contribution in [3.8, 4) is 0 Å². The summed E-state index contributed by atoms with van der Waals surface area (Å²) in [4.78, 5) is 29.6. The predicted molar refractivity (Wildman–Crippen MR) is 170 cm³/mol. The Hall–Kier alpha value is -2.91. The molecule has 0 spiro atoms. The van der Waals surface area contributed by atoms with Gasteiger partial charge in [0.2, 0.25) is 0 Å². The minimum atomic E-state index is -5.17. The highest BCUT2D eigenvalue weighted by Crippen LogP contribution is 2.37. The number of aliphatic hydroxyl groups excluding tert-OH is 2. The molecule has 4 fully saturated rings. The van der Waals surface area contributed by atoms with Gasteiger partial charge in [-0.15, -0.1) is 0 Å². The summed E-state index contributed by atoms with van der Waals surface area (Å²) in [5.41, 5.74) is 1.64. The molecular weight excluding hydrogens is 628 g/mol. The minimum Gasteiger partial charge on any atom is -0.759 e. The molecule has 12 nitrogen and oxygen atoms in total. The molecule has 0 aliphatic carbocycles. The fraction of sp³-hybridized carbons (Fsp3) is 0.588. The predicted octanol–water partition coefficient (Wildman–Crippen LogP) is 2.52. The van der Waals surface area contributed by atoms with Crippen LogP contribution in [0.2, 0.25) is 0 Å². The van der Waals surface area contributed by atoms with E-state index in [-0.39, 0.29) is 37.4 Å². The molecule has 6 rings (SSSR count). The molecule has 0 radical (unpaired) electrons. The molecule has 47 heavy (non-hydrogen) atoms. The molecule has 2 aromatic rings. The standard InChI is InChI=1S/2C17H23NO3.H2O4S/c2*1-18-13-7-8-14(18)10-15(9-13)21-17(20)16(11-19)12-5-3-2-4-6-12;1-5(2,3)4/h2*2-6,13-16,19H,7-11H2,1H3;(H2,1,2,3,4)/p-2/t2*13-,14+,15?,16-;/m11./s1. The van der Waals surface area contributed by atoms with E-state index in [9.17, 15) is 19.8 Å². The number of hydrogen-bond acceptors (Lipinski definition) is 12. The average Bonchev–Trinajstić information content (AvgIpc) is 3.34. The zero-order valence-corrected chi connectivity index (χ0v) is 27.7. The molecule has 13 heteroatoms. The lowest BCUT2D eigenvalue weighted by atomic mass is 9.98. The Morgan fingerprint density at radius 3 is 1.21 bits per heavy atom. The fourth-order valence-electron chi connectivity index (χ4n) is 7.41. The van der Waals surface area contributed by atoms with E-state index in [1.165, 1.54) is 25.7 Å². The summed E-state index contributed by atoms with van der Waals surface area (Å²) in [6, 6.07) is 20.9. The first kappa shape index (κ1) is 36.9. The van der Waals surface area contributed by atoms with E-state index in [1.54, 1.807) is 0 Å². The molecule has 4 aliphatic heterocycles. The van der Waals surface area contributed by atoms with Gasteiger partial charge in [0.05, 0.1) is 13.2 Å². The normalized spacial score (nSPS) is 28.1. The Kier molecular flexibility index (Phi) is 13.3. The van der Waals surface area contributed by atoms with Crippen LogP contribution in [0.15, 0.2) is 60.7 Å². The van der Waals surface area contributed by atoms with Crippen LogP contribution in [-0.2, 0) is 29.5 Å². The van der Waals surface area contributed by atoms with Crippen molar-refractivity contribution in [1.82, 2.24) is 9.80 Å². The van der Waals surface area contributed by atoms with Crippen molar-refractivity contribution >= 4 is 22.3 Å². The first-order valence-corrected chi connectivity index (χ1v) is 17.5. The molecule has 0 saturated carbocycles. The largest absolute Gasteiger partial charge is 0.759 e. The summed E-state index contributed by atoms with van der Waals surface area (Å²) < 4.78 is 45.5. The maximum Gasteiger partial charge on any atom is 0.316 e. The topological polar surface area (TPSA) is 180 Å². The van der Waals surface area contributed by atoms with Gasteiger partial charge in [0.25, 0.3) is 0 Å². The second kappa shape index (κ2) is 17.0. The molecule has 0 aromatic heterocycles. The van der Waals surface area contributed by atoms with Gasteiger partial charge in [-0.1, -0.05) is 60.7 Å². The molecule has 4 saturated heterocycles. The second-order valence-corrected chi connectivity index (χ2v) is 13.7. The number of nitrogens with zero attached hydrogens (tertiary/aromatic N) is 2. The summed E-state index contributed by atoms with van der Waals surface area (Å²) in [6.07, 6.45) is 8.52. The molecule has 4 aliphatic rings. The lowest BCUT2D eigenvalue weighted by Gasteiger charge is -2.36. The van der Waals surface area contributed by atoms with E-state index in [0.29, 0.717) is 24.2 Å². The average molecular weight is 675 g/mol. The second-order valence-electron chi connectivity index (χ2n) is 12.9. The maximum absolute atomic E-state index is 12.4. The van der Waals surface area contributed by atoms with Crippen molar-refractivity contribution in [2.24, 2.45) is 0 Å². The molecule has 2 unspecified atom stereocenters. The van der Waals surface area contributed by atoms with Gasteiger partial charge in [-0.25, -0.2) is 0 Å². The van der Waals surface area contributed by atoms with Crippen LogP contribution in [0.5, 0.6) is 0 Å². The number of rotatable bonds is 8. The zero-order valence-electron chi connectivity index (χ0n) is 26.9. The van der Waals surface area contributed by atoms with Gasteiger partial charge in [0.1, 0.15) is 24.0 Å². The molecule has 0 amide bonds. The number of aliphatic hydroxyl groups is 2. The van der Waals surface area contributed by atoms with Crippen molar-refractivity contribution in [3.63, 3.8) is 0 Å². The van der Waals surface area contributed by atoms with Gasteiger partial charge >= 0.3 is 11.9 Å². The van der Waals surface area contributed by atoms with Crippen LogP contribution < -0.4 is 0 Å². The van der Waals surface area contributed by atoms with Crippen LogP contribution in [0.4, 0.5) is 0 Å². The van der Waals surface area contributed by atoms with Crippen molar-refractivity contribution < 1.29 is 46.8 Å². The number of carbonyl (C=O) groups excluding carboxylic acids is 2. The van der Waals surface area contributed by atoms with Crippen LogP contribution in [0.3, 0.4) is 0 Å². The molecule has 2 aromatic carbocycles. The third-order valence-electron chi connectivity index (χ3n) is 10.0. The molecule has 4 bridgehead atoms. The third-order valence-corrected chi connectivity index (χ3v) is 10.0. The fourth-order valence-corrected chi connectivity index (χ4v) is 7.41. The summed E-state index contributed by atoms with van der Waals surface area (Å²) in [7, 11) is -0.832. The van der Waals surface area contributed by atoms with Gasteiger partial charge in [-0.2, -0.15) is 0 Å². The maximum atomic E-state index is 12.4. The number of esters is 2. The molecule has 8 atom stereocenters. The van der Waals surface area contributed by atoms with E-state index in [2.05, 4.69) is 23.9 Å². The quantitative estimate of drug-likeness (QED) is 0.238. The molecular formula is C34H46N2O10S-2. The van der Waals surface area contributed by atoms with Crippen molar-refractivity contribution in [3.05, 3.63) is 71.8 Å². The van der Waals surface area contributed by atoms with E-state index < -0.39 is 22.2 Å². The van der Waals surface area contributed by atoms with Gasteiger partial charge in [0, 0.05) is 34.6 Å². The van der Waals surface area contributed by atoms with E-state index in [1.807, 2.05) is 60.7 Å². The van der Waals surface area contributed by atoms with Crippen molar-refractivity contribution in [2.75, 3.05) is 27.3 Å². The number of piperidine rings is 2. The van der Waals surface area contributed by atoms with Crippen LogP contribution in [0, 0.1) is 0 Å². The minimum absolute atomic E-state index is 0.00367. The van der Waals surface area contributed by atoms with Gasteiger partial charge in [-0.3, -0.25) is 18.0 Å². The number of fused-ring (bicyclic) bond motifs is 4. The van der Waals surface area contributed by atoms with Crippen LogP contribution in [0.1, 0.15) is 74.3 Å². The van der Waals surface area contributed by atoms with Crippen LogP contribution >= 0.6 is 0 Å². The number of hydrogen-bond donors (Lipinski definition) is 2. The third kappa shape index (κ3) is 10.5. The van der Waals surface area contributed by atoms with E-state index >= 15 is 0 Å². The van der Waals surface area contributed by atoms with Crippen LogP contribution in [0.25, 0.3) is 0 Å². The first-order valence-electron chi connectivity index (χ1n) is 16.2. The molecule has 260 valence electrons. The number of benzene rings is 2. The van der Waals surface area contributed by atoms with Crippen LogP contribution in [-0.4, -0.2) is 113 Å². The first-order chi connectivity index (χ1) is 22.4. The lowest BCUT2D eigenvalue weighted by molar-refractivity contribution is -0.156. The number of ether oxygens (including phenoxy) is 2.